The number of carbonyl (C=O) groups is 4. The van der Waals surface area contributed by atoms with Crippen LogP contribution in [0.5, 0.6) is 0 Å². The predicted molar refractivity (Wildman–Crippen MR) is 166 cm³/mol. The minimum Gasteiger partial charge on any atom is -0.444 e. The first-order valence-electron chi connectivity index (χ1n) is 14.6. The van der Waals surface area contributed by atoms with Crippen LogP contribution in [0.2, 0.25) is 0 Å². The highest BCUT2D eigenvalue weighted by Gasteiger charge is 2.45. The molecule has 1 aliphatic heterocycles. The molecule has 11 nitrogen and oxygen atoms in total. The normalized spacial score (nSPS) is 18.1. The number of anilines is 1. The molecule has 1 aromatic heterocycles. The van der Waals surface area contributed by atoms with Gasteiger partial charge in [0.05, 0.1) is 18.9 Å². The standard InChI is InChI=1S/C32H37N5O6S/c1-31(2,3)43-30(41)36-32(4,22-8-6-5-7-9-22)28(40)37-16-17-42-18-25(37)27(39)35-29-34-24(19-44-29)20-10-12-21(13-11-20)26(38)33-23-14-15-23/h5-13,19,23,25H,14-18H2,1-4H3,(H,33,38)(H,36,41)(H,34,35,39)/t25-,32?/m0/s1. The Morgan fingerprint density at radius 1 is 1.00 bits per heavy atom. The lowest BCUT2D eigenvalue weighted by atomic mass is 9.89. The van der Waals surface area contributed by atoms with Crippen LogP contribution in [-0.4, -0.2) is 71.1 Å². The fraction of sp³-hybridized carbons (Fsp3) is 0.406. The Morgan fingerprint density at radius 3 is 2.36 bits per heavy atom. The van der Waals surface area contributed by atoms with Crippen molar-refractivity contribution >= 4 is 40.3 Å². The van der Waals surface area contributed by atoms with E-state index in [4.69, 9.17) is 9.47 Å². The van der Waals surface area contributed by atoms with E-state index in [1.54, 1.807) is 64.1 Å². The van der Waals surface area contributed by atoms with Crippen molar-refractivity contribution in [3.63, 3.8) is 0 Å². The summed E-state index contributed by atoms with van der Waals surface area (Å²) in [4.78, 5) is 58.9. The lowest BCUT2D eigenvalue weighted by molar-refractivity contribution is -0.151. The summed E-state index contributed by atoms with van der Waals surface area (Å²) in [6.45, 7) is 7.20. The van der Waals surface area contributed by atoms with Gasteiger partial charge in [-0.3, -0.25) is 14.4 Å². The highest BCUT2D eigenvalue weighted by atomic mass is 32.1. The third-order valence-electron chi connectivity index (χ3n) is 7.31. The summed E-state index contributed by atoms with van der Waals surface area (Å²) in [6, 6.07) is 15.3. The number of amides is 4. The largest absolute Gasteiger partial charge is 0.444 e. The molecule has 232 valence electrons. The molecule has 0 radical (unpaired) electrons. The van der Waals surface area contributed by atoms with Crippen molar-refractivity contribution in [3.8, 4) is 11.3 Å². The second kappa shape index (κ2) is 12.7. The van der Waals surface area contributed by atoms with Gasteiger partial charge in [-0.1, -0.05) is 42.5 Å². The second-order valence-electron chi connectivity index (χ2n) is 12.1. The van der Waals surface area contributed by atoms with Crippen LogP contribution >= 0.6 is 11.3 Å². The Hall–Kier alpha value is -4.29. The number of rotatable bonds is 8. The Bertz CT molecular complexity index is 1520. The number of thiazole rings is 1. The molecule has 0 spiro atoms. The first kappa shape index (κ1) is 31.1. The summed E-state index contributed by atoms with van der Waals surface area (Å²) in [5.74, 6) is -1.02. The molecule has 2 aliphatic rings. The molecule has 2 fully saturated rings. The van der Waals surface area contributed by atoms with E-state index < -0.39 is 35.1 Å². The number of carbonyl (C=O) groups excluding carboxylic acids is 4. The molecule has 0 bridgehead atoms. The lowest BCUT2D eigenvalue weighted by Crippen LogP contribution is -2.62. The monoisotopic (exact) mass is 619 g/mol. The third-order valence-corrected chi connectivity index (χ3v) is 8.07. The minimum absolute atomic E-state index is 0.0164. The molecule has 2 heterocycles. The smallest absolute Gasteiger partial charge is 0.408 e. The molecule has 2 aromatic carbocycles. The maximum atomic E-state index is 14.2. The summed E-state index contributed by atoms with van der Waals surface area (Å²) in [5.41, 5.74) is 0.276. The number of hydrogen-bond acceptors (Lipinski definition) is 8. The third kappa shape index (κ3) is 7.43. The Balaban J connectivity index is 1.30. The molecule has 3 aromatic rings. The van der Waals surface area contributed by atoms with Crippen LogP contribution in [0.1, 0.15) is 56.5 Å². The van der Waals surface area contributed by atoms with Gasteiger partial charge in [0, 0.05) is 29.1 Å². The zero-order chi connectivity index (χ0) is 31.5. The van der Waals surface area contributed by atoms with Crippen molar-refractivity contribution in [3.05, 3.63) is 71.1 Å². The molecule has 1 aliphatic carbocycles. The fourth-order valence-corrected chi connectivity index (χ4v) is 5.54. The van der Waals surface area contributed by atoms with Gasteiger partial charge in [0.25, 0.3) is 17.7 Å². The van der Waals surface area contributed by atoms with Crippen LogP contribution in [0.3, 0.4) is 0 Å². The van der Waals surface area contributed by atoms with Crippen molar-refractivity contribution < 1.29 is 28.7 Å². The van der Waals surface area contributed by atoms with E-state index in [0.717, 1.165) is 18.4 Å². The van der Waals surface area contributed by atoms with Gasteiger partial charge in [0.2, 0.25) is 0 Å². The van der Waals surface area contributed by atoms with E-state index in [2.05, 4.69) is 20.9 Å². The van der Waals surface area contributed by atoms with Crippen molar-refractivity contribution in [2.24, 2.45) is 0 Å². The summed E-state index contributed by atoms with van der Waals surface area (Å²) in [5, 5.41) is 10.7. The number of alkyl carbamates (subject to hydrolysis) is 1. The van der Waals surface area contributed by atoms with E-state index in [1.165, 1.54) is 16.2 Å². The van der Waals surface area contributed by atoms with Crippen molar-refractivity contribution in [1.29, 1.82) is 0 Å². The average Bonchev–Trinajstić information content (AvgIpc) is 3.69. The zero-order valence-corrected chi connectivity index (χ0v) is 26.0. The summed E-state index contributed by atoms with van der Waals surface area (Å²) in [7, 11) is 0. The van der Waals surface area contributed by atoms with Crippen molar-refractivity contribution in [2.75, 3.05) is 25.1 Å². The van der Waals surface area contributed by atoms with E-state index in [0.29, 0.717) is 22.0 Å². The zero-order valence-electron chi connectivity index (χ0n) is 25.2. The quantitative estimate of drug-likeness (QED) is 0.342. The number of morpholine rings is 1. The van der Waals surface area contributed by atoms with Gasteiger partial charge in [-0.2, -0.15) is 0 Å². The summed E-state index contributed by atoms with van der Waals surface area (Å²) < 4.78 is 11.1. The SMILES string of the molecule is CC(C)(C)OC(=O)NC(C)(C(=O)N1CCOC[C@H]1C(=O)Nc1nc(-c2ccc(C(=O)NC3CC3)cc2)cs1)c1ccccc1. The fourth-order valence-electron chi connectivity index (χ4n) is 4.82. The van der Waals surface area contributed by atoms with Crippen LogP contribution < -0.4 is 16.0 Å². The Kier molecular flexibility index (Phi) is 9.02. The molecule has 12 heteroatoms. The first-order chi connectivity index (χ1) is 20.9. The molecule has 44 heavy (non-hydrogen) atoms. The van der Waals surface area contributed by atoms with E-state index in [1.807, 2.05) is 23.6 Å². The number of ether oxygens (including phenoxy) is 2. The van der Waals surface area contributed by atoms with Crippen LogP contribution in [0, 0.1) is 0 Å². The van der Waals surface area contributed by atoms with Crippen LogP contribution in [-0.2, 0) is 24.6 Å². The minimum atomic E-state index is -1.52. The van der Waals surface area contributed by atoms with E-state index >= 15 is 0 Å². The van der Waals surface area contributed by atoms with Crippen LogP contribution in [0.4, 0.5) is 9.93 Å². The van der Waals surface area contributed by atoms with Crippen molar-refractivity contribution in [2.45, 2.75) is 63.8 Å². The van der Waals surface area contributed by atoms with E-state index in [9.17, 15) is 19.2 Å². The topological polar surface area (TPSA) is 139 Å². The first-order valence-corrected chi connectivity index (χ1v) is 15.4. The summed E-state index contributed by atoms with van der Waals surface area (Å²) >= 11 is 1.25. The molecular formula is C32H37N5O6S. The number of hydrogen-bond donors (Lipinski definition) is 3. The van der Waals surface area contributed by atoms with E-state index in [-0.39, 0.29) is 31.7 Å². The van der Waals surface area contributed by atoms with Gasteiger partial charge in [-0.15, -0.1) is 11.3 Å². The Labute approximate surface area is 260 Å². The number of nitrogens with zero attached hydrogens (tertiary/aromatic N) is 2. The molecule has 1 unspecified atom stereocenters. The highest BCUT2D eigenvalue weighted by molar-refractivity contribution is 7.14. The number of benzene rings is 2. The van der Waals surface area contributed by atoms with Gasteiger partial charge in [0.15, 0.2) is 5.13 Å². The highest BCUT2D eigenvalue weighted by Crippen LogP contribution is 2.29. The van der Waals surface area contributed by atoms with Crippen molar-refractivity contribution in [1.82, 2.24) is 20.5 Å². The van der Waals surface area contributed by atoms with Gasteiger partial charge in [0.1, 0.15) is 17.2 Å². The number of aromatic nitrogens is 1. The summed E-state index contributed by atoms with van der Waals surface area (Å²) in [6.07, 6.45) is 1.29. The maximum Gasteiger partial charge on any atom is 0.408 e. The second-order valence-corrected chi connectivity index (χ2v) is 12.9. The van der Waals surface area contributed by atoms with Gasteiger partial charge < -0.3 is 30.3 Å². The van der Waals surface area contributed by atoms with Gasteiger partial charge in [-0.25, -0.2) is 9.78 Å². The molecule has 4 amide bonds. The number of nitrogens with one attached hydrogen (secondary N) is 3. The Morgan fingerprint density at radius 2 is 1.70 bits per heavy atom. The van der Waals surface area contributed by atoms with Gasteiger partial charge in [-0.05, 0) is 58.2 Å². The van der Waals surface area contributed by atoms with Crippen LogP contribution in [0.25, 0.3) is 11.3 Å². The average molecular weight is 620 g/mol. The molecular weight excluding hydrogens is 582 g/mol. The maximum absolute atomic E-state index is 14.2. The van der Waals surface area contributed by atoms with Gasteiger partial charge >= 0.3 is 6.09 Å². The molecule has 1 saturated carbocycles. The van der Waals surface area contributed by atoms with Crippen LogP contribution in [0.15, 0.2) is 60.0 Å². The molecule has 1 saturated heterocycles. The molecule has 5 rings (SSSR count). The lowest BCUT2D eigenvalue weighted by Gasteiger charge is -2.41. The molecule has 2 atom stereocenters. The molecule has 3 N–H and O–H groups in total. The predicted octanol–water partition coefficient (Wildman–Crippen LogP) is 4.31.